The Morgan fingerprint density at radius 1 is 1.22 bits per heavy atom. The van der Waals surface area contributed by atoms with Crippen molar-refractivity contribution in [2.24, 2.45) is 5.41 Å². The first-order chi connectivity index (χ1) is 10.5. The van der Waals surface area contributed by atoms with Crippen molar-refractivity contribution in [2.75, 3.05) is 13.1 Å². The van der Waals surface area contributed by atoms with Crippen molar-refractivity contribution in [3.05, 3.63) is 0 Å². The molecule has 1 atom stereocenters. The van der Waals surface area contributed by atoms with Gasteiger partial charge in [0.15, 0.2) is 0 Å². The van der Waals surface area contributed by atoms with Crippen molar-refractivity contribution in [1.82, 2.24) is 10.2 Å². The molecule has 4 nitrogen and oxygen atoms in total. The molecule has 0 radical (unpaired) electrons. The first kappa shape index (κ1) is 18.6. The van der Waals surface area contributed by atoms with Crippen LogP contribution in [0.1, 0.15) is 80.1 Å². The SMILES string of the molecule is CC(C)(C)CCNC1CCN(C(=O)OC(C)(C)C)C2(CCC2)C1. The number of carbonyl (C=O) groups excluding carboxylic acids is 1. The van der Waals surface area contributed by atoms with Gasteiger partial charge in [-0.2, -0.15) is 0 Å². The van der Waals surface area contributed by atoms with Crippen LogP contribution in [0, 0.1) is 5.41 Å². The van der Waals surface area contributed by atoms with Crippen LogP contribution in [0.2, 0.25) is 0 Å². The largest absolute Gasteiger partial charge is 0.444 e. The van der Waals surface area contributed by atoms with Crippen LogP contribution in [0.4, 0.5) is 4.79 Å². The lowest BCUT2D eigenvalue weighted by atomic mass is 9.69. The zero-order valence-electron chi connectivity index (χ0n) is 16.0. The maximum atomic E-state index is 12.6. The number of nitrogens with zero attached hydrogens (tertiary/aromatic N) is 1. The molecule has 1 saturated heterocycles. The summed E-state index contributed by atoms with van der Waals surface area (Å²) in [5.74, 6) is 0. The van der Waals surface area contributed by atoms with E-state index in [0.717, 1.165) is 38.8 Å². The summed E-state index contributed by atoms with van der Waals surface area (Å²) >= 11 is 0. The van der Waals surface area contributed by atoms with Gasteiger partial charge in [0.05, 0.1) is 0 Å². The molecule has 1 N–H and O–H groups in total. The molecule has 1 unspecified atom stereocenters. The van der Waals surface area contributed by atoms with Gasteiger partial charge in [0, 0.05) is 18.1 Å². The van der Waals surface area contributed by atoms with E-state index in [1.54, 1.807) is 0 Å². The zero-order valence-corrected chi connectivity index (χ0v) is 16.0. The summed E-state index contributed by atoms with van der Waals surface area (Å²) in [6, 6.07) is 0.538. The predicted molar refractivity (Wildman–Crippen MR) is 94.6 cm³/mol. The molecule has 0 aromatic rings. The van der Waals surface area contributed by atoms with Crippen molar-refractivity contribution in [1.29, 1.82) is 0 Å². The molecule has 0 aromatic heterocycles. The lowest BCUT2D eigenvalue weighted by Gasteiger charge is -2.55. The third-order valence-corrected chi connectivity index (χ3v) is 5.11. The molecule has 1 amide bonds. The first-order valence-electron chi connectivity index (χ1n) is 9.25. The number of piperidine rings is 1. The van der Waals surface area contributed by atoms with Crippen molar-refractivity contribution in [2.45, 2.75) is 97.2 Å². The van der Waals surface area contributed by atoms with Gasteiger partial charge in [-0.25, -0.2) is 4.79 Å². The minimum atomic E-state index is -0.413. The highest BCUT2D eigenvalue weighted by molar-refractivity contribution is 5.69. The Bertz CT molecular complexity index is 416. The number of likely N-dealkylation sites (tertiary alicyclic amines) is 1. The maximum Gasteiger partial charge on any atom is 0.410 e. The number of hydrogen-bond acceptors (Lipinski definition) is 3. The van der Waals surface area contributed by atoms with Gasteiger partial charge in [-0.3, -0.25) is 0 Å². The van der Waals surface area contributed by atoms with Crippen molar-refractivity contribution >= 4 is 6.09 Å². The molecule has 2 fully saturated rings. The van der Waals surface area contributed by atoms with Crippen LogP contribution in [0.3, 0.4) is 0 Å². The van der Waals surface area contributed by atoms with E-state index in [0.29, 0.717) is 11.5 Å². The van der Waals surface area contributed by atoms with Gasteiger partial charge in [-0.15, -0.1) is 0 Å². The molecule has 134 valence electrons. The second-order valence-corrected chi connectivity index (χ2v) is 9.66. The van der Waals surface area contributed by atoms with Gasteiger partial charge in [-0.05, 0) is 71.3 Å². The standard InChI is InChI=1S/C19H36N2O2/c1-17(2,3)11-12-20-15-8-13-21(16(22)23-18(4,5)6)19(14-15)9-7-10-19/h15,20H,7-14H2,1-6H3. The third-order valence-electron chi connectivity index (χ3n) is 5.11. The Balaban J connectivity index is 1.91. The summed E-state index contributed by atoms with van der Waals surface area (Å²) in [4.78, 5) is 14.6. The summed E-state index contributed by atoms with van der Waals surface area (Å²) < 4.78 is 5.64. The number of nitrogens with one attached hydrogen (secondary N) is 1. The molecule has 4 heteroatoms. The summed E-state index contributed by atoms with van der Waals surface area (Å²) in [5.41, 5.74) is 0.0161. The highest BCUT2D eigenvalue weighted by Crippen LogP contribution is 2.45. The third kappa shape index (κ3) is 5.10. The van der Waals surface area contributed by atoms with E-state index >= 15 is 0 Å². The normalized spacial score (nSPS) is 24.4. The van der Waals surface area contributed by atoms with Crippen LogP contribution in [-0.2, 0) is 4.74 Å². The first-order valence-corrected chi connectivity index (χ1v) is 9.25. The molecule has 1 aliphatic heterocycles. The maximum absolute atomic E-state index is 12.6. The molecule has 1 spiro atoms. The van der Waals surface area contributed by atoms with Crippen molar-refractivity contribution in [3.8, 4) is 0 Å². The van der Waals surface area contributed by atoms with Gasteiger partial charge in [0.25, 0.3) is 0 Å². The van der Waals surface area contributed by atoms with Crippen molar-refractivity contribution in [3.63, 3.8) is 0 Å². The van der Waals surface area contributed by atoms with Gasteiger partial charge in [0.2, 0.25) is 0 Å². The minimum Gasteiger partial charge on any atom is -0.444 e. The Hall–Kier alpha value is -0.770. The Labute approximate surface area is 142 Å². The average Bonchev–Trinajstić information content (AvgIpc) is 2.33. The average molecular weight is 325 g/mol. The second-order valence-electron chi connectivity index (χ2n) is 9.66. The molecule has 2 aliphatic rings. The molecule has 1 aliphatic carbocycles. The molecular weight excluding hydrogens is 288 g/mol. The zero-order chi connectivity index (χ0) is 17.3. The van der Waals surface area contributed by atoms with Gasteiger partial charge in [-0.1, -0.05) is 20.8 Å². The number of ether oxygens (including phenoxy) is 1. The minimum absolute atomic E-state index is 0.0555. The lowest BCUT2D eigenvalue weighted by molar-refractivity contribution is -0.0493. The molecule has 2 rings (SSSR count). The van der Waals surface area contributed by atoms with Crippen LogP contribution in [0.15, 0.2) is 0 Å². The Morgan fingerprint density at radius 2 is 1.87 bits per heavy atom. The molecule has 23 heavy (non-hydrogen) atoms. The number of rotatable bonds is 3. The summed E-state index contributed by atoms with van der Waals surface area (Å²) in [7, 11) is 0. The van der Waals surface area contributed by atoms with Crippen LogP contribution in [-0.4, -0.2) is 41.3 Å². The van der Waals surface area contributed by atoms with E-state index in [1.165, 1.54) is 12.8 Å². The predicted octanol–water partition coefficient (Wildman–Crippen LogP) is 4.33. The van der Waals surface area contributed by atoms with Gasteiger partial charge < -0.3 is 15.0 Å². The summed E-state index contributed by atoms with van der Waals surface area (Å²) in [6.07, 6.45) is 6.67. The van der Waals surface area contributed by atoms with E-state index < -0.39 is 5.60 Å². The lowest BCUT2D eigenvalue weighted by Crippen LogP contribution is -2.63. The summed E-state index contributed by atoms with van der Waals surface area (Å²) in [5, 5.41) is 3.73. The molecule has 1 heterocycles. The molecule has 0 bridgehead atoms. The van der Waals surface area contributed by atoms with E-state index in [4.69, 9.17) is 4.74 Å². The fraction of sp³-hybridized carbons (Fsp3) is 0.947. The highest BCUT2D eigenvalue weighted by atomic mass is 16.6. The van der Waals surface area contributed by atoms with Gasteiger partial charge in [0.1, 0.15) is 5.60 Å². The second kappa shape index (κ2) is 6.62. The van der Waals surface area contributed by atoms with Crippen LogP contribution < -0.4 is 5.32 Å². The quantitative estimate of drug-likeness (QED) is 0.840. The van der Waals surface area contributed by atoms with E-state index in [1.807, 2.05) is 25.7 Å². The van der Waals surface area contributed by atoms with E-state index in [-0.39, 0.29) is 11.6 Å². The molecular formula is C19H36N2O2. The van der Waals surface area contributed by atoms with Crippen molar-refractivity contribution < 1.29 is 9.53 Å². The molecule has 0 aromatic carbocycles. The van der Waals surface area contributed by atoms with Crippen LogP contribution >= 0.6 is 0 Å². The van der Waals surface area contributed by atoms with Crippen LogP contribution in [0.5, 0.6) is 0 Å². The fourth-order valence-corrected chi connectivity index (χ4v) is 3.68. The van der Waals surface area contributed by atoms with Crippen LogP contribution in [0.25, 0.3) is 0 Å². The van der Waals surface area contributed by atoms with E-state index in [9.17, 15) is 4.79 Å². The highest BCUT2D eigenvalue weighted by Gasteiger charge is 2.49. The number of hydrogen-bond donors (Lipinski definition) is 1. The fourth-order valence-electron chi connectivity index (χ4n) is 3.68. The summed E-state index contributed by atoms with van der Waals surface area (Å²) in [6.45, 7) is 14.6. The number of carbonyl (C=O) groups is 1. The Morgan fingerprint density at radius 3 is 2.35 bits per heavy atom. The smallest absolute Gasteiger partial charge is 0.410 e. The van der Waals surface area contributed by atoms with E-state index in [2.05, 4.69) is 26.1 Å². The topological polar surface area (TPSA) is 41.6 Å². The monoisotopic (exact) mass is 324 g/mol. The Kier molecular flexibility index (Phi) is 5.34. The van der Waals surface area contributed by atoms with Gasteiger partial charge >= 0.3 is 6.09 Å². The molecule has 1 saturated carbocycles. The number of amides is 1.